The first-order valence-electron chi connectivity index (χ1n) is 5.38. The Morgan fingerprint density at radius 3 is 1.88 bits per heavy atom. The Morgan fingerprint density at radius 2 is 1.56 bits per heavy atom. The minimum atomic E-state index is -4.31. The quantitative estimate of drug-likeness (QED) is 0.710. The van der Waals surface area contributed by atoms with Crippen molar-refractivity contribution in [1.82, 2.24) is 4.90 Å². The molecule has 0 aromatic carbocycles. The summed E-state index contributed by atoms with van der Waals surface area (Å²) in [5.74, 6) is 0. The normalized spacial score (nSPS) is 13.5. The van der Waals surface area contributed by atoms with Crippen LogP contribution in [0.5, 0.6) is 0 Å². The fraction of sp³-hybridized carbons (Fsp3) is 1.00. The maximum Gasteiger partial charge on any atom is 0.401 e. The molecule has 0 bridgehead atoms. The van der Waals surface area contributed by atoms with Crippen LogP contribution in [0.3, 0.4) is 0 Å². The molecular weight excluding hydrogens is 223 g/mol. The number of rotatable bonds is 7. The highest BCUT2D eigenvalue weighted by atomic mass is 19.4. The molecule has 0 unspecified atom stereocenters. The van der Waals surface area contributed by atoms with E-state index in [2.05, 4.69) is 0 Å². The second-order valence-electron chi connectivity index (χ2n) is 3.98. The van der Waals surface area contributed by atoms with E-state index < -0.39 is 18.3 Å². The van der Waals surface area contributed by atoms with Gasteiger partial charge < -0.3 is 10.2 Å². The summed E-state index contributed by atoms with van der Waals surface area (Å²) in [6.45, 7) is 1.86. The molecule has 0 aromatic heterocycles. The fourth-order valence-corrected chi connectivity index (χ4v) is 1.50. The molecule has 2 N–H and O–H groups in total. The number of hydrogen-bond acceptors (Lipinski definition) is 3. The lowest BCUT2D eigenvalue weighted by Crippen LogP contribution is -2.46. The summed E-state index contributed by atoms with van der Waals surface area (Å²) in [6.07, 6.45) is -3.52. The average Bonchev–Trinajstić information content (AvgIpc) is 2.15. The predicted octanol–water partition coefficient (Wildman–Crippen LogP) is 1.39. The molecule has 98 valence electrons. The van der Waals surface area contributed by atoms with E-state index >= 15 is 0 Å². The summed E-state index contributed by atoms with van der Waals surface area (Å²) in [6, 6.07) is 0. The molecule has 0 aliphatic rings. The maximum absolute atomic E-state index is 12.2. The van der Waals surface area contributed by atoms with E-state index in [1.165, 1.54) is 0 Å². The van der Waals surface area contributed by atoms with E-state index in [-0.39, 0.29) is 19.7 Å². The van der Waals surface area contributed by atoms with Crippen LogP contribution in [0.15, 0.2) is 0 Å². The van der Waals surface area contributed by atoms with E-state index in [0.29, 0.717) is 12.8 Å². The van der Waals surface area contributed by atoms with Crippen LogP contribution in [-0.4, -0.2) is 53.1 Å². The minimum absolute atomic E-state index is 0.0694. The van der Waals surface area contributed by atoms with Gasteiger partial charge in [-0.3, -0.25) is 4.90 Å². The van der Waals surface area contributed by atoms with Crippen LogP contribution in [-0.2, 0) is 0 Å². The van der Waals surface area contributed by atoms with Crippen LogP contribution >= 0.6 is 0 Å². The third-order valence-electron chi connectivity index (χ3n) is 2.65. The van der Waals surface area contributed by atoms with Gasteiger partial charge in [0.15, 0.2) is 0 Å². The topological polar surface area (TPSA) is 43.7 Å². The van der Waals surface area contributed by atoms with Crippen LogP contribution in [0.2, 0.25) is 0 Å². The number of halogens is 3. The third-order valence-corrected chi connectivity index (χ3v) is 2.65. The molecule has 0 aliphatic heterocycles. The third kappa shape index (κ3) is 6.30. The molecule has 0 fully saturated rings. The first-order chi connectivity index (χ1) is 7.26. The van der Waals surface area contributed by atoms with Gasteiger partial charge in [-0.25, -0.2) is 0 Å². The summed E-state index contributed by atoms with van der Waals surface area (Å²) in [4.78, 5) is 1.03. The summed E-state index contributed by atoms with van der Waals surface area (Å²) >= 11 is 0. The van der Waals surface area contributed by atoms with E-state index in [0.717, 1.165) is 4.90 Å². The lowest BCUT2D eigenvalue weighted by Gasteiger charge is -2.33. The Kier molecular flexibility index (Phi) is 6.28. The molecule has 0 aliphatic carbocycles. The van der Waals surface area contributed by atoms with Gasteiger partial charge in [0.2, 0.25) is 0 Å². The molecule has 3 nitrogen and oxygen atoms in total. The van der Waals surface area contributed by atoms with E-state index in [9.17, 15) is 18.3 Å². The van der Waals surface area contributed by atoms with Crippen molar-refractivity contribution in [2.75, 3.05) is 26.2 Å². The number of nitrogens with zero attached hydrogens (tertiary/aromatic N) is 1. The van der Waals surface area contributed by atoms with Crippen LogP contribution < -0.4 is 0 Å². The largest absolute Gasteiger partial charge is 0.401 e. The number of aliphatic hydroxyl groups excluding tert-OH is 1. The van der Waals surface area contributed by atoms with Crippen molar-refractivity contribution in [2.24, 2.45) is 0 Å². The Morgan fingerprint density at radius 1 is 1.06 bits per heavy atom. The molecule has 6 heteroatoms. The van der Waals surface area contributed by atoms with Gasteiger partial charge in [0.1, 0.15) is 0 Å². The fourth-order valence-electron chi connectivity index (χ4n) is 1.50. The number of alkyl halides is 3. The zero-order chi connectivity index (χ0) is 12.8. The van der Waals surface area contributed by atoms with Crippen molar-refractivity contribution < 1.29 is 23.4 Å². The molecule has 0 amide bonds. The van der Waals surface area contributed by atoms with E-state index in [4.69, 9.17) is 5.11 Å². The maximum atomic E-state index is 12.2. The monoisotopic (exact) mass is 243 g/mol. The van der Waals surface area contributed by atoms with Gasteiger partial charge in [-0.1, -0.05) is 13.8 Å². The number of aliphatic hydroxyl groups is 2. The zero-order valence-electron chi connectivity index (χ0n) is 9.72. The van der Waals surface area contributed by atoms with Crippen LogP contribution in [0, 0.1) is 0 Å². The molecule has 0 aromatic rings. The molecule has 0 atom stereocenters. The highest BCUT2D eigenvalue weighted by molar-refractivity contribution is 4.80. The Bertz CT molecular complexity index is 193. The summed E-state index contributed by atoms with van der Waals surface area (Å²) < 4.78 is 36.6. The molecule has 0 spiro atoms. The lowest BCUT2D eigenvalue weighted by molar-refractivity contribution is -0.153. The van der Waals surface area contributed by atoms with Crippen LogP contribution in [0.1, 0.15) is 26.7 Å². The standard InChI is InChI=1S/C10H20F3NO2/c1-3-9(16,4-2)7-14(5-6-15)8-10(11,12)13/h15-16H,3-8H2,1-2H3. The first kappa shape index (κ1) is 15.7. The average molecular weight is 243 g/mol. The van der Waals surface area contributed by atoms with Gasteiger partial charge in [0, 0.05) is 13.1 Å². The summed E-state index contributed by atoms with van der Waals surface area (Å²) in [5, 5.41) is 18.6. The van der Waals surface area contributed by atoms with Crippen molar-refractivity contribution in [2.45, 2.75) is 38.5 Å². The molecule has 0 radical (unpaired) electrons. The molecule has 0 heterocycles. The Labute approximate surface area is 93.9 Å². The molecule has 16 heavy (non-hydrogen) atoms. The number of hydrogen-bond donors (Lipinski definition) is 2. The molecule has 0 rings (SSSR count). The Balaban J connectivity index is 4.43. The van der Waals surface area contributed by atoms with Gasteiger partial charge in [-0.2, -0.15) is 13.2 Å². The second kappa shape index (κ2) is 6.42. The van der Waals surface area contributed by atoms with Gasteiger partial charge in [0.25, 0.3) is 0 Å². The van der Waals surface area contributed by atoms with E-state index in [1.807, 2.05) is 0 Å². The van der Waals surface area contributed by atoms with Crippen molar-refractivity contribution in [1.29, 1.82) is 0 Å². The van der Waals surface area contributed by atoms with E-state index in [1.54, 1.807) is 13.8 Å². The van der Waals surface area contributed by atoms with Gasteiger partial charge >= 0.3 is 6.18 Å². The second-order valence-corrected chi connectivity index (χ2v) is 3.98. The highest BCUT2D eigenvalue weighted by Gasteiger charge is 2.34. The SMILES string of the molecule is CCC(O)(CC)CN(CCO)CC(F)(F)F. The first-order valence-corrected chi connectivity index (χ1v) is 5.38. The van der Waals surface area contributed by atoms with Crippen LogP contribution in [0.4, 0.5) is 13.2 Å². The molecule has 0 saturated heterocycles. The van der Waals surface area contributed by atoms with Crippen molar-refractivity contribution in [3.8, 4) is 0 Å². The Hall–Kier alpha value is -0.330. The van der Waals surface area contributed by atoms with Crippen molar-refractivity contribution in [3.05, 3.63) is 0 Å². The highest BCUT2D eigenvalue weighted by Crippen LogP contribution is 2.21. The predicted molar refractivity (Wildman–Crippen MR) is 55.1 cm³/mol. The molecular formula is C10H20F3NO2. The van der Waals surface area contributed by atoms with Crippen LogP contribution in [0.25, 0.3) is 0 Å². The smallest absolute Gasteiger partial charge is 0.395 e. The lowest BCUT2D eigenvalue weighted by atomic mass is 9.97. The van der Waals surface area contributed by atoms with Crippen molar-refractivity contribution >= 4 is 0 Å². The summed E-state index contributed by atoms with van der Waals surface area (Å²) in [5.41, 5.74) is -1.11. The minimum Gasteiger partial charge on any atom is -0.395 e. The van der Waals surface area contributed by atoms with Gasteiger partial charge in [-0.15, -0.1) is 0 Å². The zero-order valence-corrected chi connectivity index (χ0v) is 9.72. The molecule has 0 saturated carbocycles. The van der Waals surface area contributed by atoms with Gasteiger partial charge in [0.05, 0.1) is 18.8 Å². The van der Waals surface area contributed by atoms with Gasteiger partial charge in [-0.05, 0) is 12.8 Å². The van der Waals surface area contributed by atoms with Crippen molar-refractivity contribution in [3.63, 3.8) is 0 Å². The summed E-state index contributed by atoms with van der Waals surface area (Å²) in [7, 11) is 0.